The third-order valence-corrected chi connectivity index (χ3v) is 9.74. The van der Waals surface area contributed by atoms with Gasteiger partial charge in [0.2, 0.25) is 15.8 Å². The predicted octanol–water partition coefficient (Wildman–Crippen LogP) is 4.01. The molecular weight excluding hydrogens is 718 g/mol. The predicted molar refractivity (Wildman–Crippen MR) is 175 cm³/mol. The van der Waals surface area contributed by atoms with Gasteiger partial charge in [-0.05, 0) is 95.0 Å². The standard InChI is InChI=1S/C18H21FN2O2.C12H14BrFN6O4S/c19-14-3-1-2-13-16-9-20-10-21(16)15(18(13)14)8-17(23)11-4-6-12(22)7-5-11;13-8-6-7(2-3-9(8)14)17-12(18-21)10-11(20-24-19-10)16-4-1-5-25(15,22)23/h1-3,9-12,15,17,22-23H,4-8H2;2-3,6,21H,1,4-5H2,(H,16,20)(H,17,18)(H2,15,22,23)/t11?,12?,15-,17+;/m0./s1. The highest BCUT2D eigenvalue weighted by molar-refractivity contribution is 9.10. The van der Waals surface area contributed by atoms with E-state index in [1.54, 1.807) is 18.6 Å². The summed E-state index contributed by atoms with van der Waals surface area (Å²) in [6.07, 6.45) is 6.61. The average molecular weight is 754 g/mol. The second-order valence-electron chi connectivity index (χ2n) is 11.6. The van der Waals surface area contributed by atoms with Gasteiger partial charge in [-0.2, -0.15) is 0 Å². The SMILES string of the molecule is NS(=O)(=O)CCCNc1nonc1C(=Nc1ccc(F)c(Br)c1)NO.OC1CCC([C@H](O)C[C@H]2c3c(F)cccc3-c3cncn32)CC1. The Balaban J connectivity index is 0.000000188. The summed E-state index contributed by atoms with van der Waals surface area (Å²) in [7, 11) is -3.56. The van der Waals surface area contributed by atoms with E-state index in [-0.39, 0.29) is 64.4 Å². The van der Waals surface area contributed by atoms with Crippen LogP contribution in [-0.2, 0) is 10.0 Å². The number of imidazole rings is 1. The molecule has 0 amide bonds. The molecular formula is C30H35BrF2N8O6S. The van der Waals surface area contributed by atoms with E-state index in [1.165, 1.54) is 24.3 Å². The van der Waals surface area contributed by atoms with Gasteiger partial charge in [0, 0.05) is 17.7 Å². The molecule has 0 radical (unpaired) electrons. The molecule has 2 atom stereocenters. The van der Waals surface area contributed by atoms with Crippen molar-refractivity contribution in [1.29, 1.82) is 0 Å². The Labute approximate surface area is 283 Å². The molecule has 0 spiro atoms. The van der Waals surface area contributed by atoms with Crippen LogP contribution in [0.3, 0.4) is 0 Å². The zero-order valence-electron chi connectivity index (χ0n) is 25.5. The molecule has 1 saturated carbocycles. The van der Waals surface area contributed by atoms with Crippen molar-refractivity contribution < 1.29 is 37.2 Å². The number of benzene rings is 2. The molecule has 0 saturated heterocycles. The van der Waals surface area contributed by atoms with Crippen LogP contribution in [0, 0.1) is 17.6 Å². The number of halogens is 3. The fourth-order valence-corrected chi connectivity index (χ4v) is 6.81. The Morgan fingerprint density at radius 1 is 1.17 bits per heavy atom. The molecule has 6 rings (SSSR count). The van der Waals surface area contributed by atoms with Gasteiger partial charge in [-0.15, -0.1) is 0 Å². The fourth-order valence-electron chi connectivity index (χ4n) is 5.89. The van der Waals surface area contributed by atoms with E-state index in [9.17, 15) is 32.6 Å². The van der Waals surface area contributed by atoms with Crippen LogP contribution in [0.25, 0.3) is 11.3 Å². The summed E-state index contributed by atoms with van der Waals surface area (Å²) in [4.78, 5) is 8.27. The van der Waals surface area contributed by atoms with Gasteiger partial charge in [-0.3, -0.25) is 10.7 Å². The molecule has 48 heavy (non-hydrogen) atoms. The maximum atomic E-state index is 14.4. The number of hydroxylamine groups is 1. The Morgan fingerprint density at radius 2 is 1.94 bits per heavy atom. The van der Waals surface area contributed by atoms with Crippen molar-refractivity contribution in [1.82, 2.24) is 25.3 Å². The molecule has 1 aliphatic heterocycles. The summed E-state index contributed by atoms with van der Waals surface area (Å²) in [5.74, 6) is -0.672. The topological polar surface area (TPSA) is 214 Å². The van der Waals surface area contributed by atoms with Crippen molar-refractivity contribution in [3.63, 3.8) is 0 Å². The van der Waals surface area contributed by atoms with E-state index >= 15 is 0 Å². The summed E-state index contributed by atoms with van der Waals surface area (Å²) < 4.78 is 56.2. The first-order valence-electron chi connectivity index (χ1n) is 15.1. The molecule has 2 aliphatic rings. The number of aliphatic hydroxyl groups excluding tert-OH is 2. The number of nitrogens with zero attached hydrogens (tertiary/aromatic N) is 5. The van der Waals surface area contributed by atoms with E-state index in [0.29, 0.717) is 17.7 Å². The van der Waals surface area contributed by atoms with Crippen molar-refractivity contribution in [3.8, 4) is 11.3 Å². The first-order valence-corrected chi connectivity index (χ1v) is 17.6. The molecule has 1 fully saturated rings. The first kappa shape index (κ1) is 35.5. The molecule has 7 N–H and O–H groups in total. The van der Waals surface area contributed by atoms with Crippen molar-refractivity contribution in [2.24, 2.45) is 16.0 Å². The minimum absolute atomic E-state index is 0.0542. The first-order chi connectivity index (χ1) is 22.9. The lowest BCUT2D eigenvalue weighted by molar-refractivity contribution is 0.0328. The summed E-state index contributed by atoms with van der Waals surface area (Å²) in [6, 6.07) is 8.90. The van der Waals surface area contributed by atoms with Crippen LogP contribution in [-0.4, -0.2) is 74.0 Å². The van der Waals surface area contributed by atoms with Crippen LogP contribution in [0.15, 0.2) is 63.0 Å². The lowest BCUT2D eigenvalue weighted by atomic mass is 9.81. The van der Waals surface area contributed by atoms with E-state index in [1.807, 2.05) is 16.1 Å². The Kier molecular flexibility index (Phi) is 11.5. The van der Waals surface area contributed by atoms with Crippen LogP contribution in [0.2, 0.25) is 0 Å². The number of amidine groups is 1. The number of hydrogen-bond donors (Lipinski definition) is 6. The number of aromatic nitrogens is 4. The van der Waals surface area contributed by atoms with Crippen molar-refractivity contribution in [2.45, 2.75) is 56.8 Å². The van der Waals surface area contributed by atoms with Crippen LogP contribution >= 0.6 is 15.9 Å². The zero-order chi connectivity index (χ0) is 34.4. The van der Waals surface area contributed by atoms with Crippen LogP contribution < -0.4 is 15.9 Å². The van der Waals surface area contributed by atoms with Crippen LogP contribution in [0.1, 0.15) is 55.8 Å². The van der Waals surface area contributed by atoms with Crippen molar-refractivity contribution in [3.05, 3.63) is 76.3 Å². The monoisotopic (exact) mass is 752 g/mol. The molecule has 0 unspecified atom stereocenters. The average Bonchev–Trinajstić information content (AvgIpc) is 3.78. The van der Waals surface area contributed by atoms with E-state index < -0.39 is 21.9 Å². The lowest BCUT2D eigenvalue weighted by Gasteiger charge is -2.31. The number of sulfonamides is 1. The minimum atomic E-state index is -3.56. The van der Waals surface area contributed by atoms with E-state index in [0.717, 1.165) is 36.9 Å². The number of primary sulfonamides is 1. The number of anilines is 1. The summed E-state index contributed by atoms with van der Waals surface area (Å²) in [5, 5.41) is 44.5. The third-order valence-electron chi connectivity index (χ3n) is 8.28. The van der Waals surface area contributed by atoms with E-state index in [2.05, 4.69) is 46.2 Å². The van der Waals surface area contributed by atoms with Gasteiger partial charge in [0.15, 0.2) is 11.5 Å². The number of nitrogens with two attached hydrogens (primary N) is 1. The van der Waals surface area contributed by atoms with Gasteiger partial charge in [0.1, 0.15) is 11.6 Å². The van der Waals surface area contributed by atoms with Gasteiger partial charge in [-0.1, -0.05) is 12.1 Å². The normalized spacial score (nSPS) is 19.6. The van der Waals surface area contributed by atoms with E-state index in [4.69, 9.17) is 5.14 Å². The molecule has 1 aliphatic carbocycles. The summed E-state index contributed by atoms with van der Waals surface area (Å²) >= 11 is 3.03. The molecule has 0 bridgehead atoms. The quantitative estimate of drug-likeness (QED) is 0.0589. The maximum absolute atomic E-state index is 14.4. The maximum Gasteiger partial charge on any atom is 0.209 e. The smallest absolute Gasteiger partial charge is 0.209 e. The number of aliphatic hydroxyl groups is 2. The number of fused-ring (bicyclic) bond motifs is 3. The third kappa shape index (κ3) is 8.61. The molecule has 18 heteroatoms. The molecule has 4 aromatic rings. The number of rotatable bonds is 10. The highest BCUT2D eigenvalue weighted by atomic mass is 79.9. The molecule has 2 aromatic carbocycles. The number of aliphatic imine (C=N–C) groups is 1. The van der Waals surface area contributed by atoms with Gasteiger partial charge < -0.3 is 20.1 Å². The van der Waals surface area contributed by atoms with Crippen LogP contribution in [0.5, 0.6) is 0 Å². The van der Waals surface area contributed by atoms with Gasteiger partial charge in [0.25, 0.3) is 0 Å². The highest BCUT2D eigenvalue weighted by Crippen LogP contribution is 2.44. The number of nitrogens with one attached hydrogen (secondary N) is 2. The zero-order valence-corrected chi connectivity index (χ0v) is 27.9. The lowest BCUT2D eigenvalue weighted by Crippen LogP contribution is -2.29. The van der Waals surface area contributed by atoms with Crippen molar-refractivity contribution >= 4 is 43.3 Å². The minimum Gasteiger partial charge on any atom is -0.393 e. The highest BCUT2D eigenvalue weighted by Gasteiger charge is 2.35. The Morgan fingerprint density at radius 3 is 2.65 bits per heavy atom. The summed E-state index contributed by atoms with van der Waals surface area (Å²) in [5.41, 5.74) is 4.70. The summed E-state index contributed by atoms with van der Waals surface area (Å²) in [6.45, 7) is 0.221. The number of hydrogen-bond acceptors (Lipinski definition) is 11. The molecule has 14 nitrogen and oxygen atoms in total. The Hall–Kier alpha value is -3.81. The van der Waals surface area contributed by atoms with Crippen molar-refractivity contribution in [2.75, 3.05) is 17.6 Å². The van der Waals surface area contributed by atoms with Gasteiger partial charge >= 0.3 is 0 Å². The largest absolute Gasteiger partial charge is 0.393 e. The van der Waals surface area contributed by atoms with Gasteiger partial charge in [-0.25, -0.2) is 36.9 Å². The molecule has 3 heterocycles. The molecule has 258 valence electrons. The van der Waals surface area contributed by atoms with Gasteiger partial charge in [0.05, 0.1) is 52.4 Å². The second-order valence-corrected chi connectivity index (χ2v) is 14.1. The Bertz CT molecular complexity index is 1850. The molecule has 2 aromatic heterocycles. The fraction of sp³-hybridized carbons (Fsp3) is 0.400. The second kappa shape index (κ2) is 15.6. The van der Waals surface area contributed by atoms with Crippen LogP contribution in [0.4, 0.5) is 20.3 Å².